The Morgan fingerprint density at radius 1 is 1.33 bits per heavy atom. The van der Waals surface area contributed by atoms with E-state index in [-0.39, 0.29) is 11.9 Å². The number of fused-ring (bicyclic) bond motifs is 1. The smallest absolute Gasteiger partial charge is 0.326 e. The van der Waals surface area contributed by atoms with Gasteiger partial charge >= 0.3 is 5.97 Å². The molecule has 0 radical (unpaired) electrons. The van der Waals surface area contributed by atoms with Gasteiger partial charge in [0, 0.05) is 12.1 Å². The van der Waals surface area contributed by atoms with Crippen molar-refractivity contribution in [1.82, 2.24) is 4.90 Å². The number of carboxylic acid groups (broad SMARTS) is 1. The van der Waals surface area contributed by atoms with E-state index in [1.54, 1.807) is 23.1 Å². The van der Waals surface area contributed by atoms with E-state index in [0.717, 1.165) is 25.7 Å². The molecule has 3 rings (SSSR count). The fourth-order valence-corrected chi connectivity index (χ4v) is 3.62. The number of likely N-dealkylation sites (tertiary alicyclic amines) is 1. The molecular weight excluding hydrogens is 270 g/mol. The highest BCUT2D eigenvalue weighted by atomic mass is 16.4. The number of rotatable bonds is 3. The predicted molar refractivity (Wildman–Crippen MR) is 76.4 cm³/mol. The van der Waals surface area contributed by atoms with Crippen LogP contribution in [0.4, 0.5) is 0 Å². The number of furan rings is 1. The molecule has 1 aliphatic carbocycles. The maximum atomic E-state index is 12.4. The number of hydrogen-bond acceptors (Lipinski definition) is 3. The lowest BCUT2D eigenvalue weighted by molar-refractivity contribution is -0.147. The van der Waals surface area contributed by atoms with Gasteiger partial charge in [-0.2, -0.15) is 0 Å². The zero-order chi connectivity index (χ0) is 14.8. The van der Waals surface area contributed by atoms with Crippen molar-refractivity contribution in [1.29, 1.82) is 0 Å². The minimum Gasteiger partial charge on any atom is -0.480 e. The number of carbonyl (C=O) groups is 2. The van der Waals surface area contributed by atoms with Crippen molar-refractivity contribution in [3.8, 4) is 0 Å². The van der Waals surface area contributed by atoms with E-state index in [1.165, 1.54) is 12.3 Å². The molecule has 5 heteroatoms. The van der Waals surface area contributed by atoms with Gasteiger partial charge in [0.2, 0.25) is 5.91 Å². The first-order valence-corrected chi connectivity index (χ1v) is 7.43. The number of carboxylic acids is 1. The SMILES string of the molecule is O=C(O)[C@@H]1C[C@@H]2CCCC[C@H]2N1C(=O)/C=C\c1ccco1. The van der Waals surface area contributed by atoms with Crippen molar-refractivity contribution in [3.05, 3.63) is 30.2 Å². The Kier molecular flexibility index (Phi) is 3.82. The van der Waals surface area contributed by atoms with Gasteiger partial charge in [0.1, 0.15) is 11.8 Å². The molecule has 1 amide bonds. The minimum atomic E-state index is -0.899. The van der Waals surface area contributed by atoms with Gasteiger partial charge in [0.05, 0.1) is 6.26 Å². The molecule has 2 aliphatic rings. The minimum absolute atomic E-state index is 0.0774. The van der Waals surface area contributed by atoms with Crippen LogP contribution in [0.25, 0.3) is 6.08 Å². The monoisotopic (exact) mass is 289 g/mol. The van der Waals surface area contributed by atoms with E-state index in [4.69, 9.17) is 4.42 Å². The Hall–Kier alpha value is -2.04. The number of nitrogens with zero attached hydrogens (tertiary/aromatic N) is 1. The molecule has 2 heterocycles. The first-order valence-electron chi connectivity index (χ1n) is 7.43. The summed E-state index contributed by atoms with van der Waals surface area (Å²) in [6, 6.07) is 2.89. The summed E-state index contributed by atoms with van der Waals surface area (Å²) in [5, 5.41) is 9.40. The highest BCUT2D eigenvalue weighted by molar-refractivity contribution is 5.94. The number of aliphatic carboxylic acids is 1. The summed E-state index contributed by atoms with van der Waals surface area (Å²) in [6.07, 6.45) is 9.28. The van der Waals surface area contributed by atoms with Gasteiger partial charge in [-0.15, -0.1) is 0 Å². The van der Waals surface area contributed by atoms with E-state index in [9.17, 15) is 14.7 Å². The van der Waals surface area contributed by atoms with Crippen LogP contribution >= 0.6 is 0 Å². The van der Waals surface area contributed by atoms with Gasteiger partial charge < -0.3 is 14.4 Å². The highest BCUT2D eigenvalue weighted by Crippen LogP contribution is 2.39. The fraction of sp³-hybridized carbons (Fsp3) is 0.500. The lowest BCUT2D eigenvalue weighted by Gasteiger charge is -2.32. The molecule has 2 fully saturated rings. The molecule has 5 nitrogen and oxygen atoms in total. The third-order valence-corrected chi connectivity index (χ3v) is 4.56. The second kappa shape index (κ2) is 5.76. The van der Waals surface area contributed by atoms with Crippen molar-refractivity contribution >= 4 is 18.0 Å². The topological polar surface area (TPSA) is 70.8 Å². The summed E-state index contributed by atoms with van der Waals surface area (Å²) in [7, 11) is 0. The molecule has 21 heavy (non-hydrogen) atoms. The summed E-state index contributed by atoms with van der Waals surface area (Å²) in [5.74, 6) is -0.201. The molecule has 1 aromatic heterocycles. The number of amides is 1. The maximum absolute atomic E-state index is 12.4. The van der Waals surface area contributed by atoms with Crippen molar-refractivity contribution in [2.75, 3.05) is 0 Å². The third kappa shape index (κ3) is 2.73. The molecule has 0 bridgehead atoms. The van der Waals surface area contributed by atoms with Crippen LogP contribution in [-0.2, 0) is 9.59 Å². The summed E-state index contributed by atoms with van der Waals surface area (Å²) >= 11 is 0. The summed E-state index contributed by atoms with van der Waals surface area (Å²) < 4.78 is 5.15. The Bertz CT molecular complexity index is 549. The third-order valence-electron chi connectivity index (χ3n) is 4.56. The van der Waals surface area contributed by atoms with Gasteiger partial charge in [0.25, 0.3) is 0 Å². The first-order chi connectivity index (χ1) is 10.2. The lowest BCUT2D eigenvalue weighted by atomic mass is 9.85. The van der Waals surface area contributed by atoms with Gasteiger partial charge in [-0.25, -0.2) is 4.79 Å². The number of carbonyl (C=O) groups excluding carboxylic acids is 1. The highest BCUT2D eigenvalue weighted by Gasteiger charge is 2.46. The van der Waals surface area contributed by atoms with Crippen LogP contribution in [-0.4, -0.2) is 34.0 Å². The Labute approximate surface area is 123 Å². The largest absolute Gasteiger partial charge is 0.480 e. The Morgan fingerprint density at radius 2 is 2.14 bits per heavy atom. The predicted octanol–water partition coefficient (Wildman–Crippen LogP) is 2.54. The van der Waals surface area contributed by atoms with Crippen molar-refractivity contribution in [3.63, 3.8) is 0 Å². The van der Waals surface area contributed by atoms with Crippen molar-refractivity contribution < 1.29 is 19.1 Å². The van der Waals surface area contributed by atoms with Crippen LogP contribution in [0.15, 0.2) is 28.9 Å². The standard InChI is InChI=1S/C16H19NO4/c18-15(8-7-12-5-3-9-21-12)17-13-6-2-1-4-11(13)10-14(17)16(19)20/h3,5,7-9,11,13-14H,1-2,4,6,10H2,(H,19,20)/b8-7-/t11-,13+,14-/m0/s1. The zero-order valence-corrected chi connectivity index (χ0v) is 11.8. The lowest BCUT2D eigenvalue weighted by Crippen LogP contribution is -2.45. The maximum Gasteiger partial charge on any atom is 0.326 e. The average Bonchev–Trinajstić information content (AvgIpc) is 3.11. The number of hydrogen-bond donors (Lipinski definition) is 1. The normalized spacial score (nSPS) is 28.8. The Balaban J connectivity index is 1.79. The van der Waals surface area contributed by atoms with Crippen LogP contribution in [0, 0.1) is 5.92 Å². The summed E-state index contributed by atoms with van der Waals surface area (Å²) in [5.41, 5.74) is 0. The van der Waals surface area contributed by atoms with Crippen LogP contribution < -0.4 is 0 Å². The van der Waals surface area contributed by atoms with Crippen molar-refractivity contribution in [2.24, 2.45) is 5.92 Å². The summed E-state index contributed by atoms with van der Waals surface area (Å²) in [4.78, 5) is 25.5. The molecule has 112 valence electrons. The van der Waals surface area contributed by atoms with Crippen LogP contribution in [0.3, 0.4) is 0 Å². The molecule has 0 unspecified atom stereocenters. The molecule has 1 N–H and O–H groups in total. The average molecular weight is 289 g/mol. The van der Waals surface area contributed by atoms with Crippen LogP contribution in [0.2, 0.25) is 0 Å². The second-order valence-electron chi connectivity index (χ2n) is 5.80. The Morgan fingerprint density at radius 3 is 2.86 bits per heavy atom. The van der Waals surface area contributed by atoms with E-state index in [0.29, 0.717) is 18.1 Å². The molecule has 1 saturated carbocycles. The first kappa shape index (κ1) is 13.9. The molecule has 1 saturated heterocycles. The molecule has 0 spiro atoms. The molecule has 1 aliphatic heterocycles. The van der Waals surface area contributed by atoms with Gasteiger partial charge in [-0.1, -0.05) is 12.8 Å². The van der Waals surface area contributed by atoms with Gasteiger partial charge in [-0.05, 0) is 43.4 Å². The molecular formula is C16H19NO4. The zero-order valence-electron chi connectivity index (χ0n) is 11.8. The van der Waals surface area contributed by atoms with Crippen LogP contribution in [0.1, 0.15) is 37.9 Å². The van der Waals surface area contributed by atoms with Gasteiger partial charge in [0.15, 0.2) is 0 Å². The van der Waals surface area contributed by atoms with E-state index < -0.39 is 12.0 Å². The second-order valence-corrected chi connectivity index (χ2v) is 5.80. The van der Waals surface area contributed by atoms with E-state index in [2.05, 4.69) is 0 Å². The summed E-state index contributed by atoms with van der Waals surface area (Å²) in [6.45, 7) is 0. The van der Waals surface area contributed by atoms with Crippen molar-refractivity contribution in [2.45, 2.75) is 44.2 Å². The quantitative estimate of drug-likeness (QED) is 0.868. The molecule has 3 atom stereocenters. The van der Waals surface area contributed by atoms with E-state index in [1.807, 2.05) is 0 Å². The van der Waals surface area contributed by atoms with Gasteiger partial charge in [-0.3, -0.25) is 4.79 Å². The molecule has 0 aromatic carbocycles. The van der Waals surface area contributed by atoms with Crippen LogP contribution in [0.5, 0.6) is 0 Å². The fourth-order valence-electron chi connectivity index (χ4n) is 3.62. The van der Waals surface area contributed by atoms with E-state index >= 15 is 0 Å². The molecule has 1 aromatic rings.